The van der Waals surface area contributed by atoms with Gasteiger partial charge in [-0.25, -0.2) is 33.0 Å². The van der Waals surface area contributed by atoms with E-state index >= 15 is 0 Å². The van der Waals surface area contributed by atoms with Crippen LogP contribution in [0.1, 0.15) is 0 Å². The molecule has 0 aliphatic rings. The minimum absolute atomic E-state index is 0. The first kappa shape index (κ1) is 19.7. The normalized spacial score (nSPS) is 9.83. The third-order valence-electron chi connectivity index (χ3n) is 3.74. The zero-order valence-electron chi connectivity index (χ0n) is 13.1. The minimum atomic E-state index is 0. The average molecular weight is 454 g/mol. The number of rotatable bonds is 2. The van der Waals surface area contributed by atoms with Crippen molar-refractivity contribution in [3.63, 3.8) is 0 Å². The van der Waals surface area contributed by atoms with Crippen molar-refractivity contribution in [3.05, 3.63) is 97.1 Å². The second-order valence-electron chi connectivity index (χ2n) is 5.09. The van der Waals surface area contributed by atoms with Crippen molar-refractivity contribution in [1.29, 1.82) is 0 Å². The maximum Gasteiger partial charge on any atom is 0 e. The van der Waals surface area contributed by atoms with E-state index in [9.17, 15) is 0 Å². The number of fused-ring (bicyclic) bond motifs is 1. The maximum atomic E-state index is 3.35. The Kier molecular flexibility index (Phi) is 7.51. The Labute approximate surface area is 193 Å². The first-order valence-corrected chi connectivity index (χ1v) is 7.23. The van der Waals surface area contributed by atoms with Gasteiger partial charge in [0.15, 0.2) is 0 Å². The van der Waals surface area contributed by atoms with Crippen molar-refractivity contribution in [2.24, 2.45) is 0 Å². The third kappa shape index (κ3) is 3.94. The van der Waals surface area contributed by atoms with Gasteiger partial charge in [0.2, 0.25) is 0 Å². The van der Waals surface area contributed by atoms with E-state index in [1.54, 1.807) is 0 Å². The Morgan fingerprint density at radius 3 is 1.29 bits per heavy atom. The van der Waals surface area contributed by atoms with Crippen LogP contribution in [0.15, 0.2) is 72.8 Å². The molecule has 0 heterocycles. The van der Waals surface area contributed by atoms with Crippen LogP contribution < -0.4 is 0 Å². The van der Waals surface area contributed by atoms with Gasteiger partial charge in [-0.2, -0.15) is 84.9 Å². The van der Waals surface area contributed by atoms with Crippen LogP contribution in [-0.4, -0.2) is 0 Å². The van der Waals surface area contributed by atoms with Crippen molar-refractivity contribution in [1.82, 2.24) is 0 Å². The Morgan fingerprint density at radius 2 is 0.917 bits per heavy atom. The van der Waals surface area contributed by atoms with Crippen molar-refractivity contribution < 1.29 is 65.4 Å². The van der Waals surface area contributed by atoms with Crippen LogP contribution in [-0.2, 0) is 65.4 Å². The summed E-state index contributed by atoms with van der Waals surface area (Å²) in [6, 6.07) is 37.4. The molecule has 0 nitrogen and oxygen atoms in total. The molecule has 0 saturated carbocycles. The molecule has 4 aromatic rings. The molecule has 0 unspecified atom stereocenters. The van der Waals surface area contributed by atoms with E-state index in [0.717, 1.165) is 33.0 Å². The van der Waals surface area contributed by atoms with E-state index in [-0.39, 0.29) is 65.4 Å². The molecular weight excluding hydrogens is 442 g/mol. The van der Waals surface area contributed by atoms with Gasteiger partial charge in [0, 0.05) is 65.4 Å². The van der Waals surface area contributed by atoms with Gasteiger partial charge in [0.25, 0.3) is 0 Å². The molecular formula is C22H12Y2-4. The summed E-state index contributed by atoms with van der Waals surface area (Å²) in [7, 11) is 0. The zero-order chi connectivity index (χ0) is 14.8. The predicted molar refractivity (Wildman–Crippen MR) is 90.2 cm³/mol. The van der Waals surface area contributed by atoms with Crippen LogP contribution in [0.25, 0.3) is 33.0 Å². The van der Waals surface area contributed by atoms with Crippen molar-refractivity contribution in [3.8, 4) is 22.3 Å². The van der Waals surface area contributed by atoms with E-state index in [4.69, 9.17) is 0 Å². The summed E-state index contributed by atoms with van der Waals surface area (Å²) in [5, 5.41) is 2.33. The average Bonchev–Trinajstić information content (AvgIpc) is 2.62. The standard InChI is InChI=1S/C22H12.2Y/c1-3-9-17(10-4-1)19-13-7-16-22-20(14-8-15-21(19)22)18-11-5-2-6-12-18;;/h1-9,11,15-16H;;/q-4;;. The summed E-state index contributed by atoms with van der Waals surface area (Å²) in [5.74, 6) is 0. The molecule has 110 valence electrons. The predicted octanol–water partition coefficient (Wildman–Crippen LogP) is 5.37. The van der Waals surface area contributed by atoms with Crippen molar-refractivity contribution in [2.45, 2.75) is 0 Å². The van der Waals surface area contributed by atoms with E-state index in [1.165, 1.54) is 0 Å². The molecule has 0 spiro atoms. The van der Waals surface area contributed by atoms with Gasteiger partial charge in [-0.05, 0) is 0 Å². The smallest absolute Gasteiger partial charge is 0 e. The largest absolute Gasteiger partial charge is 0.237 e. The summed E-state index contributed by atoms with van der Waals surface area (Å²) in [6.45, 7) is 0. The van der Waals surface area contributed by atoms with Crippen LogP contribution in [0.3, 0.4) is 0 Å². The molecule has 0 amide bonds. The monoisotopic (exact) mass is 454 g/mol. The Morgan fingerprint density at radius 1 is 0.458 bits per heavy atom. The zero-order valence-corrected chi connectivity index (χ0v) is 18.8. The molecule has 24 heavy (non-hydrogen) atoms. The molecule has 0 fully saturated rings. The fourth-order valence-electron chi connectivity index (χ4n) is 2.73. The van der Waals surface area contributed by atoms with Gasteiger partial charge in [-0.3, -0.25) is 0 Å². The SMILES string of the molecule is [Y].[Y].[c-]1ccccc1-c1[c-]ccc2c(-c3[c-]cccc3)[c-]ccc12. The Bertz CT molecular complexity index is 837. The van der Waals surface area contributed by atoms with Gasteiger partial charge >= 0.3 is 0 Å². The van der Waals surface area contributed by atoms with Crippen LogP contribution in [0.2, 0.25) is 0 Å². The molecule has 0 N–H and O–H groups in total. The molecule has 0 aliphatic carbocycles. The quantitative estimate of drug-likeness (QED) is 0.358. The number of benzene rings is 4. The molecule has 4 rings (SSSR count). The summed E-state index contributed by atoms with van der Waals surface area (Å²) in [6.07, 6.45) is 0. The van der Waals surface area contributed by atoms with Gasteiger partial charge in [-0.1, -0.05) is 0 Å². The Balaban J connectivity index is 0.00000104. The first-order valence-electron chi connectivity index (χ1n) is 7.23. The van der Waals surface area contributed by atoms with Crippen LogP contribution in [0, 0.1) is 24.3 Å². The van der Waals surface area contributed by atoms with Gasteiger partial charge < -0.3 is 0 Å². The van der Waals surface area contributed by atoms with E-state index in [2.05, 4.69) is 48.5 Å². The molecule has 0 bridgehead atoms. The van der Waals surface area contributed by atoms with Crippen LogP contribution in [0.5, 0.6) is 0 Å². The summed E-state index contributed by atoms with van der Waals surface area (Å²) < 4.78 is 0. The van der Waals surface area contributed by atoms with Gasteiger partial charge in [-0.15, -0.1) is 12.1 Å². The summed E-state index contributed by atoms with van der Waals surface area (Å²) in [5.41, 5.74) is 4.26. The summed E-state index contributed by atoms with van der Waals surface area (Å²) >= 11 is 0. The molecule has 0 aromatic heterocycles. The van der Waals surface area contributed by atoms with Crippen molar-refractivity contribution in [2.75, 3.05) is 0 Å². The Hall–Kier alpha value is -0.652. The topological polar surface area (TPSA) is 0 Å². The van der Waals surface area contributed by atoms with E-state index < -0.39 is 0 Å². The van der Waals surface area contributed by atoms with Crippen molar-refractivity contribution >= 4 is 10.8 Å². The minimum Gasteiger partial charge on any atom is -0.237 e. The summed E-state index contributed by atoms with van der Waals surface area (Å²) in [4.78, 5) is 0. The molecule has 2 radical (unpaired) electrons. The number of hydrogen-bond donors (Lipinski definition) is 0. The fourth-order valence-corrected chi connectivity index (χ4v) is 2.73. The van der Waals surface area contributed by atoms with Crippen LogP contribution in [0.4, 0.5) is 0 Å². The fraction of sp³-hybridized carbons (Fsp3) is 0. The number of hydrogen-bond acceptors (Lipinski definition) is 0. The molecule has 0 atom stereocenters. The van der Waals surface area contributed by atoms with Gasteiger partial charge in [0.05, 0.1) is 0 Å². The van der Waals surface area contributed by atoms with Gasteiger partial charge in [0.1, 0.15) is 0 Å². The maximum absolute atomic E-state index is 3.35. The second-order valence-corrected chi connectivity index (χ2v) is 5.09. The molecule has 0 aliphatic heterocycles. The van der Waals surface area contributed by atoms with E-state index in [1.807, 2.05) is 48.5 Å². The first-order chi connectivity index (χ1) is 10.9. The second kappa shape index (κ2) is 9.16. The molecule has 4 aromatic carbocycles. The van der Waals surface area contributed by atoms with E-state index in [0.29, 0.717) is 0 Å². The third-order valence-corrected chi connectivity index (χ3v) is 3.74. The molecule has 2 heteroatoms. The molecule has 0 saturated heterocycles. The van der Waals surface area contributed by atoms with Crippen LogP contribution >= 0.6 is 0 Å².